The van der Waals surface area contributed by atoms with Crippen LogP contribution in [0.1, 0.15) is 44.6 Å². The number of benzene rings is 1. The van der Waals surface area contributed by atoms with Crippen LogP contribution in [-0.2, 0) is 27.6 Å². The molecule has 2 aromatic rings. The summed E-state index contributed by atoms with van der Waals surface area (Å²) >= 11 is 0. The van der Waals surface area contributed by atoms with Gasteiger partial charge in [0.05, 0.1) is 17.6 Å². The second-order valence-electron chi connectivity index (χ2n) is 6.02. The Hall–Kier alpha value is -2.65. The number of hydrogen-bond acceptors (Lipinski definition) is 5. The van der Waals surface area contributed by atoms with E-state index < -0.39 is 16.0 Å². The highest BCUT2D eigenvalue weighted by molar-refractivity contribution is 7.89. The molecular formula is C18H23N3O5S. The molecule has 0 saturated carbocycles. The number of nitrogens with one attached hydrogen (secondary N) is 2. The minimum atomic E-state index is -3.72. The second-order valence-corrected chi connectivity index (χ2v) is 7.58. The Morgan fingerprint density at radius 2 is 1.85 bits per heavy atom. The molecule has 146 valence electrons. The third kappa shape index (κ3) is 4.75. The van der Waals surface area contributed by atoms with Gasteiger partial charge in [0.25, 0.3) is 5.91 Å². The van der Waals surface area contributed by atoms with E-state index in [0.29, 0.717) is 41.9 Å². The molecule has 0 radical (unpaired) electrons. The van der Waals surface area contributed by atoms with Crippen LogP contribution in [0.15, 0.2) is 29.2 Å². The van der Waals surface area contributed by atoms with Gasteiger partial charge in [0.15, 0.2) is 0 Å². The number of methoxy groups -OCH3 is 1. The first kappa shape index (κ1) is 20.7. The zero-order chi connectivity index (χ0) is 20.2. The maximum atomic E-state index is 12.4. The van der Waals surface area contributed by atoms with Gasteiger partial charge < -0.3 is 15.0 Å². The molecule has 0 bridgehead atoms. The quantitative estimate of drug-likeness (QED) is 0.610. The molecule has 8 nitrogen and oxygen atoms in total. The molecule has 1 aromatic heterocycles. The van der Waals surface area contributed by atoms with Crippen molar-refractivity contribution < 1.29 is 22.7 Å². The number of carbonyl (C=O) groups is 2. The zero-order valence-corrected chi connectivity index (χ0v) is 16.3. The van der Waals surface area contributed by atoms with Crippen molar-refractivity contribution in [1.29, 1.82) is 0 Å². The van der Waals surface area contributed by atoms with E-state index >= 15 is 0 Å². The summed E-state index contributed by atoms with van der Waals surface area (Å²) in [7, 11) is -2.42. The molecule has 2 rings (SSSR count). The Morgan fingerprint density at radius 1 is 1.22 bits per heavy atom. The van der Waals surface area contributed by atoms with Crippen molar-refractivity contribution in [2.75, 3.05) is 13.7 Å². The summed E-state index contributed by atoms with van der Waals surface area (Å²) in [5, 5.41) is 7.85. The van der Waals surface area contributed by atoms with E-state index in [0.717, 1.165) is 5.56 Å². The number of sulfonamides is 1. The summed E-state index contributed by atoms with van der Waals surface area (Å²) in [4.78, 5) is 27.4. The first-order chi connectivity index (χ1) is 12.7. The molecule has 9 heteroatoms. The van der Waals surface area contributed by atoms with Gasteiger partial charge in [-0.1, -0.05) is 19.1 Å². The Kier molecular flexibility index (Phi) is 6.40. The number of H-pyrrole nitrogens is 1. The number of ether oxygens (including phenoxy) is 1. The summed E-state index contributed by atoms with van der Waals surface area (Å²) in [6, 6.07) is 6.15. The van der Waals surface area contributed by atoms with E-state index in [-0.39, 0.29) is 10.8 Å². The number of hydrogen-bond donors (Lipinski definition) is 3. The van der Waals surface area contributed by atoms with Gasteiger partial charge in [-0.05, 0) is 43.0 Å². The number of rotatable bonds is 7. The monoisotopic (exact) mass is 393 g/mol. The first-order valence-electron chi connectivity index (χ1n) is 8.38. The fourth-order valence-corrected chi connectivity index (χ4v) is 3.30. The lowest BCUT2D eigenvalue weighted by Crippen LogP contribution is -2.26. The number of aromatic amines is 1. The number of aromatic nitrogens is 1. The van der Waals surface area contributed by atoms with Gasteiger partial charge in [-0.15, -0.1) is 0 Å². The first-order valence-corrected chi connectivity index (χ1v) is 9.93. The van der Waals surface area contributed by atoms with E-state index in [1.54, 1.807) is 19.1 Å². The molecule has 0 unspecified atom stereocenters. The van der Waals surface area contributed by atoms with Gasteiger partial charge >= 0.3 is 5.97 Å². The Morgan fingerprint density at radius 3 is 2.37 bits per heavy atom. The highest BCUT2D eigenvalue weighted by Crippen LogP contribution is 2.20. The highest BCUT2D eigenvalue weighted by Gasteiger charge is 2.23. The van der Waals surface area contributed by atoms with Crippen LogP contribution in [0.2, 0.25) is 0 Å². The maximum absolute atomic E-state index is 12.4. The van der Waals surface area contributed by atoms with Crippen molar-refractivity contribution in [1.82, 2.24) is 10.3 Å². The van der Waals surface area contributed by atoms with Gasteiger partial charge in [-0.3, -0.25) is 4.79 Å². The minimum Gasteiger partial charge on any atom is -0.465 e. The third-order valence-corrected chi connectivity index (χ3v) is 5.18. The number of primary sulfonamides is 1. The molecule has 0 aliphatic heterocycles. The minimum absolute atomic E-state index is 0.0414. The van der Waals surface area contributed by atoms with Crippen LogP contribution >= 0.6 is 0 Å². The number of esters is 1. The molecule has 0 aliphatic carbocycles. The normalized spacial score (nSPS) is 11.3. The summed E-state index contributed by atoms with van der Waals surface area (Å²) in [6.45, 7) is 3.93. The summed E-state index contributed by atoms with van der Waals surface area (Å²) in [5.41, 5.74) is 2.78. The SMILES string of the molecule is CCc1[nH]c(C(=O)NCCc2ccc(S(N)(=O)=O)cc2)c(C)c1C(=O)OC. The Labute approximate surface area is 158 Å². The molecule has 27 heavy (non-hydrogen) atoms. The Balaban J connectivity index is 2.04. The van der Waals surface area contributed by atoms with E-state index in [9.17, 15) is 18.0 Å². The smallest absolute Gasteiger partial charge is 0.339 e. The number of carbonyl (C=O) groups excluding carboxylic acids is 2. The van der Waals surface area contributed by atoms with Crippen molar-refractivity contribution in [3.05, 3.63) is 52.3 Å². The molecule has 1 heterocycles. The topological polar surface area (TPSA) is 131 Å². The van der Waals surface area contributed by atoms with Crippen molar-refractivity contribution in [3.8, 4) is 0 Å². The highest BCUT2D eigenvalue weighted by atomic mass is 32.2. The number of amides is 1. The van der Waals surface area contributed by atoms with Crippen molar-refractivity contribution in [2.45, 2.75) is 31.6 Å². The van der Waals surface area contributed by atoms with Crippen LogP contribution < -0.4 is 10.5 Å². The second kappa shape index (κ2) is 8.36. The predicted octanol–water partition coefficient (Wildman–Crippen LogP) is 1.29. The van der Waals surface area contributed by atoms with Gasteiger partial charge in [0.1, 0.15) is 5.69 Å². The molecule has 0 saturated heterocycles. The molecule has 0 fully saturated rings. The molecule has 1 amide bonds. The van der Waals surface area contributed by atoms with E-state index in [2.05, 4.69) is 10.3 Å². The number of aryl methyl sites for hydroxylation is 1. The fourth-order valence-electron chi connectivity index (χ4n) is 2.78. The number of nitrogens with two attached hydrogens (primary N) is 1. The van der Waals surface area contributed by atoms with Crippen molar-refractivity contribution in [3.63, 3.8) is 0 Å². The predicted molar refractivity (Wildman–Crippen MR) is 100 cm³/mol. The largest absolute Gasteiger partial charge is 0.465 e. The lowest BCUT2D eigenvalue weighted by molar-refractivity contribution is 0.0599. The van der Waals surface area contributed by atoms with Crippen LogP contribution in [0.25, 0.3) is 0 Å². The summed E-state index contributed by atoms with van der Waals surface area (Å²) in [6.07, 6.45) is 1.08. The molecule has 0 atom stereocenters. The van der Waals surface area contributed by atoms with Gasteiger partial charge in [-0.2, -0.15) is 0 Å². The molecular weight excluding hydrogens is 370 g/mol. The van der Waals surface area contributed by atoms with Crippen LogP contribution in [0.3, 0.4) is 0 Å². The lowest BCUT2D eigenvalue weighted by Gasteiger charge is -2.06. The van der Waals surface area contributed by atoms with Gasteiger partial charge in [0, 0.05) is 12.2 Å². The van der Waals surface area contributed by atoms with Crippen molar-refractivity contribution in [2.24, 2.45) is 5.14 Å². The molecule has 1 aromatic carbocycles. The van der Waals surface area contributed by atoms with Crippen LogP contribution in [-0.4, -0.2) is 38.9 Å². The standard InChI is InChI=1S/C18H23N3O5S/c1-4-14-15(18(23)26-3)11(2)16(21-14)17(22)20-10-9-12-5-7-13(8-6-12)27(19,24)25/h5-8,21H,4,9-10H2,1-3H3,(H,20,22)(H2,19,24,25). The zero-order valence-electron chi connectivity index (χ0n) is 15.5. The average Bonchev–Trinajstić information content (AvgIpc) is 2.97. The van der Waals surface area contributed by atoms with Crippen LogP contribution in [0, 0.1) is 6.92 Å². The van der Waals surface area contributed by atoms with E-state index in [4.69, 9.17) is 9.88 Å². The van der Waals surface area contributed by atoms with Gasteiger partial charge in [-0.25, -0.2) is 18.4 Å². The van der Waals surface area contributed by atoms with Crippen LogP contribution in [0.4, 0.5) is 0 Å². The lowest BCUT2D eigenvalue weighted by atomic mass is 10.1. The van der Waals surface area contributed by atoms with E-state index in [1.807, 2.05) is 6.92 Å². The maximum Gasteiger partial charge on any atom is 0.339 e. The summed E-state index contributed by atoms with van der Waals surface area (Å²) in [5.74, 6) is -0.798. The average molecular weight is 393 g/mol. The Bertz CT molecular complexity index is 946. The van der Waals surface area contributed by atoms with Crippen molar-refractivity contribution >= 4 is 21.9 Å². The summed E-state index contributed by atoms with van der Waals surface area (Å²) < 4.78 is 27.3. The molecule has 4 N–H and O–H groups in total. The third-order valence-electron chi connectivity index (χ3n) is 4.25. The fraction of sp³-hybridized carbons (Fsp3) is 0.333. The molecule has 0 aliphatic rings. The molecule has 0 spiro atoms. The van der Waals surface area contributed by atoms with Gasteiger partial charge in [0.2, 0.25) is 10.0 Å². The van der Waals surface area contributed by atoms with Crippen LogP contribution in [0.5, 0.6) is 0 Å². The van der Waals surface area contributed by atoms with E-state index in [1.165, 1.54) is 19.2 Å².